The summed E-state index contributed by atoms with van der Waals surface area (Å²) in [6, 6.07) is 0.123. The second kappa shape index (κ2) is 10.8. The first kappa shape index (κ1) is 21.0. The number of nitrogens with one attached hydrogen (secondary N) is 4. The molecular formula is C19H39N7. The molecule has 7 heteroatoms. The molecule has 150 valence electrons. The summed E-state index contributed by atoms with van der Waals surface area (Å²) in [5.74, 6) is 1.23. The fraction of sp³-hybridized carbons (Fsp3) is 0.789. The summed E-state index contributed by atoms with van der Waals surface area (Å²) in [7, 11) is 2.19. The van der Waals surface area contributed by atoms with E-state index < -0.39 is 0 Å². The second-order valence-electron chi connectivity index (χ2n) is 7.43. The zero-order valence-electron chi connectivity index (χ0n) is 16.9. The number of unbranched alkanes of at least 4 members (excludes halogenated alkanes) is 1. The molecule has 0 aromatic rings. The number of piperazine rings is 1. The van der Waals surface area contributed by atoms with Gasteiger partial charge in [-0.3, -0.25) is 16.0 Å². The first-order valence-corrected chi connectivity index (χ1v) is 10.1. The maximum atomic E-state index is 6.01. The molecule has 0 aliphatic carbocycles. The van der Waals surface area contributed by atoms with Gasteiger partial charge in [-0.25, -0.2) is 0 Å². The van der Waals surface area contributed by atoms with Crippen LogP contribution < -0.4 is 27.0 Å². The highest BCUT2D eigenvalue weighted by atomic mass is 15.4. The van der Waals surface area contributed by atoms with Gasteiger partial charge in [0, 0.05) is 44.5 Å². The Balaban J connectivity index is 1.96. The van der Waals surface area contributed by atoms with E-state index in [1.54, 1.807) is 0 Å². The van der Waals surface area contributed by atoms with Crippen LogP contribution in [-0.2, 0) is 0 Å². The van der Waals surface area contributed by atoms with Crippen LogP contribution in [0.3, 0.4) is 0 Å². The third-order valence-corrected chi connectivity index (χ3v) is 5.22. The molecule has 3 unspecified atom stereocenters. The van der Waals surface area contributed by atoms with Crippen LogP contribution in [0.1, 0.15) is 39.5 Å². The standard InChI is InChI=1S/C19H39N7/c1-5-7-8-16(15(3)20)22-19-21-10-9-18(23-17(6-2)24-19)26-13-11-25(4)12-14-26/h9,16-17,19,21-24H,3,5-8,10-14,20H2,1-2,4H3. The Bertz CT molecular complexity index is 457. The van der Waals surface area contributed by atoms with Crippen molar-refractivity contribution in [3.05, 3.63) is 24.2 Å². The maximum absolute atomic E-state index is 6.01. The molecule has 2 heterocycles. The Labute approximate surface area is 159 Å². The van der Waals surface area contributed by atoms with E-state index in [-0.39, 0.29) is 18.5 Å². The van der Waals surface area contributed by atoms with E-state index in [2.05, 4.69) is 64.6 Å². The molecule has 0 spiro atoms. The van der Waals surface area contributed by atoms with Crippen molar-refractivity contribution in [2.24, 2.45) is 5.73 Å². The van der Waals surface area contributed by atoms with Crippen molar-refractivity contribution in [2.45, 2.75) is 58.0 Å². The van der Waals surface area contributed by atoms with Crippen molar-refractivity contribution in [3.63, 3.8) is 0 Å². The maximum Gasteiger partial charge on any atom is 0.114 e. The van der Waals surface area contributed by atoms with Crippen LogP contribution in [0, 0.1) is 0 Å². The molecular weight excluding hydrogens is 326 g/mol. The van der Waals surface area contributed by atoms with E-state index in [1.807, 2.05) is 0 Å². The van der Waals surface area contributed by atoms with Crippen LogP contribution in [0.2, 0.25) is 0 Å². The molecule has 6 N–H and O–H groups in total. The van der Waals surface area contributed by atoms with Crippen LogP contribution >= 0.6 is 0 Å². The van der Waals surface area contributed by atoms with E-state index in [0.717, 1.165) is 58.4 Å². The van der Waals surface area contributed by atoms with Crippen LogP contribution in [0.5, 0.6) is 0 Å². The molecule has 0 saturated carbocycles. The average Bonchev–Trinajstić information content (AvgIpc) is 2.60. The van der Waals surface area contributed by atoms with Crippen LogP contribution in [0.4, 0.5) is 0 Å². The van der Waals surface area contributed by atoms with Gasteiger partial charge in [-0.05, 0) is 26.0 Å². The SMILES string of the molecule is C=C(N)C(CCCC)NC1NCC=C(N2CCN(C)CC2)NC(CC)N1. The molecule has 0 radical (unpaired) electrons. The highest BCUT2D eigenvalue weighted by molar-refractivity contribution is 5.06. The summed E-state index contributed by atoms with van der Waals surface area (Å²) >= 11 is 0. The first-order chi connectivity index (χ1) is 12.5. The summed E-state index contributed by atoms with van der Waals surface area (Å²) in [5, 5.41) is 14.5. The van der Waals surface area contributed by atoms with Gasteiger partial charge in [0.25, 0.3) is 0 Å². The van der Waals surface area contributed by atoms with Crippen molar-refractivity contribution in [2.75, 3.05) is 39.8 Å². The third kappa shape index (κ3) is 6.46. The third-order valence-electron chi connectivity index (χ3n) is 5.22. The van der Waals surface area contributed by atoms with Crippen molar-refractivity contribution < 1.29 is 0 Å². The minimum atomic E-state index is -0.0000969. The van der Waals surface area contributed by atoms with E-state index in [9.17, 15) is 0 Å². The summed E-state index contributed by atoms with van der Waals surface area (Å²) in [5.41, 5.74) is 6.72. The quantitative estimate of drug-likeness (QED) is 0.429. The summed E-state index contributed by atoms with van der Waals surface area (Å²) in [4.78, 5) is 4.83. The molecule has 1 fully saturated rings. The molecule has 0 aromatic carbocycles. The van der Waals surface area contributed by atoms with Gasteiger partial charge in [0.1, 0.15) is 6.29 Å². The number of likely N-dealkylation sites (N-methyl/N-ethyl adjacent to an activating group) is 1. The summed E-state index contributed by atoms with van der Waals surface area (Å²) in [6.45, 7) is 13.5. The lowest BCUT2D eigenvalue weighted by Crippen LogP contribution is -2.63. The smallest absolute Gasteiger partial charge is 0.114 e. The second-order valence-corrected chi connectivity index (χ2v) is 7.43. The summed E-state index contributed by atoms with van der Waals surface area (Å²) in [6.07, 6.45) is 6.77. The van der Waals surface area contributed by atoms with Crippen LogP contribution in [0.25, 0.3) is 0 Å². The zero-order valence-corrected chi connectivity index (χ0v) is 16.9. The lowest BCUT2D eigenvalue weighted by atomic mass is 10.1. The predicted molar refractivity (Wildman–Crippen MR) is 109 cm³/mol. The van der Waals surface area contributed by atoms with E-state index in [1.165, 1.54) is 5.82 Å². The lowest BCUT2D eigenvalue weighted by molar-refractivity contribution is 0.166. The molecule has 0 aromatic heterocycles. The number of hydrogen-bond acceptors (Lipinski definition) is 7. The Morgan fingerprint density at radius 1 is 1.35 bits per heavy atom. The fourth-order valence-electron chi connectivity index (χ4n) is 3.39. The normalized spacial score (nSPS) is 26.4. The van der Waals surface area contributed by atoms with Crippen molar-refractivity contribution in [3.8, 4) is 0 Å². The minimum Gasteiger partial charge on any atom is -0.401 e. The molecule has 0 amide bonds. The first-order valence-electron chi connectivity index (χ1n) is 10.1. The van der Waals surface area contributed by atoms with Crippen molar-refractivity contribution >= 4 is 0 Å². The fourth-order valence-corrected chi connectivity index (χ4v) is 3.39. The van der Waals surface area contributed by atoms with Crippen molar-refractivity contribution in [1.29, 1.82) is 0 Å². The van der Waals surface area contributed by atoms with Gasteiger partial charge in [-0.2, -0.15) is 0 Å². The van der Waals surface area contributed by atoms with Gasteiger partial charge >= 0.3 is 0 Å². The number of hydrogen-bond donors (Lipinski definition) is 5. The number of nitrogens with two attached hydrogens (primary N) is 1. The Morgan fingerprint density at radius 2 is 2.08 bits per heavy atom. The van der Waals surface area contributed by atoms with E-state index >= 15 is 0 Å². The molecule has 26 heavy (non-hydrogen) atoms. The average molecular weight is 366 g/mol. The molecule has 0 bridgehead atoms. The lowest BCUT2D eigenvalue weighted by Gasteiger charge is -2.39. The topological polar surface area (TPSA) is 80.6 Å². The number of rotatable bonds is 8. The molecule has 1 saturated heterocycles. The van der Waals surface area contributed by atoms with Gasteiger partial charge in [0.2, 0.25) is 0 Å². The largest absolute Gasteiger partial charge is 0.401 e. The highest BCUT2D eigenvalue weighted by Gasteiger charge is 2.23. The van der Waals surface area contributed by atoms with Gasteiger partial charge in [-0.15, -0.1) is 0 Å². The Kier molecular flexibility index (Phi) is 8.71. The minimum absolute atomic E-state index is 0.0000969. The van der Waals surface area contributed by atoms with Gasteiger partial charge in [0.05, 0.1) is 12.0 Å². The van der Waals surface area contributed by atoms with E-state index in [0.29, 0.717) is 5.70 Å². The number of nitrogens with zero attached hydrogens (tertiary/aromatic N) is 2. The summed E-state index contributed by atoms with van der Waals surface area (Å²) < 4.78 is 0. The van der Waals surface area contributed by atoms with E-state index in [4.69, 9.17) is 5.73 Å². The molecule has 2 rings (SSSR count). The molecule has 2 aliphatic heterocycles. The zero-order chi connectivity index (χ0) is 18.9. The highest BCUT2D eigenvalue weighted by Crippen LogP contribution is 2.10. The van der Waals surface area contributed by atoms with Gasteiger partial charge < -0.3 is 20.9 Å². The van der Waals surface area contributed by atoms with Crippen LogP contribution in [-0.4, -0.2) is 68.1 Å². The Hall–Kier alpha value is -1.28. The molecule has 2 aliphatic rings. The molecule has 3 atom stereocenters. The van der Waals surface area contributed by atoms with Gasteiger partial charge in [0.15, 0.2) is 0 Å². The van der Waals surface area contributed by atoms with Crippen molar-refractivity contribution in [1.82, 2.24) is 31.1 Å². The molecule has 7 nitrogen and oxygen atoms in total. The Morgan fingerprint density at radius 3 is 2.69 bits per heavy atom. The monoisotopic (exact) mass is 365 g/mol. The van der Waals surface area contributed by atoms with Gasteiger partial charge in [-0.1, -0.05) is 33.3 Å². The van der Waals surface area contributed by atoms with Crippen LogP contribution in [0.15, 0.2) is 24.2 Å². The predicted octanol–water partition coefficient (Wildman–Crippen LogP) is 0.498.